The van der Waals surface area contributed by atoms with Gasteiger partial charge in [0.25, 0.3) is 0 Å². The number of aliphatic hydroxyl groups excluding tert-OH is 6. The van der Waals surface area contributed by atoms with Gasteiger partial charge in [-0.1, -0.05) is 0 Å². The Balaban J connectivity index is 2.70. The van der Waals surface area contributed by atoms with Crippen LogP contribution in [0.25, 0.3) is 0 Å². The molecule has 84 valence electrons. The average Bonchev–Trinajstić information content (AvgIpc) is 2.19. The summed E-state index contributed by atoms with van der Waals surface area (Å²) in [4.78, 5) is 0. The summed E-state index contributed by atoms with van der Waals surface area (Å²) in [6.07, 6.45) is -9.26. The van der Waals surface area contributed by atoms with Crippen LogP contribution in [0, 0.1) is 0 Å². The van der Waals surface area contributed by atoms with Gasteiger partial charge in [-0.25, -0.2) is 0 Å². The second-order valence-corrected chi connectivity index (χ2v) is 3.21. The van der Waals surface area contributed by atoms with Gasteiger partial charge in [-0.2, -0.15) is 0 Å². The molecule has 0 aromatic rings. The lowest BCUT2D eigenvalue weighted by molar-refractivity contribution is -0.298. The lowest BCUT2D eigenvalue weighted by Crippen LogP contribution is -2.61. The van der Waals surface area contributed by atoms with Crippen molar-refractivity contribution in [1.82, 2.24) is 0 Å². The molecule has 1 fully saturated rings. The van der Waals surface area contributed by atoms with Crippen LogP contribution >= 0.6 is 0 Å². The predicted octanol–water partition coefficient (Wildman–Crippen LogP) is -3.86. The lowest BCUT2D eigenvalue weighted by atomic mass is 9.96. The molecule has 0 amide bonds. The molecular weight excluding hydrogens is 196 g/mol. The molecule has 0 spiro atoms. The van der Waals surface area contributed by atoms with Crippen LogP contribution in [0.15, 0.2) is 0 Å². The highest BCUT2D eigenvalue weighted by Crippen LogP contribution is 2.21. The van der Waals surface area contributed by atoms with Crippen LogP contribution in [-0.2, 0) is 4.74 Å². The molecule has 1 aliphatic heterocycles. The van der Waals surface area contributed by atoms with Gasteiger partial charge in [0, 0.05) is 0 Å². The molecule has 1 saturated heterocycles. The second-order valence-electron chi connectivity index (χ2n) is 3.21. The van der Waals surface area contributed by atoms with Gasteiger partial charge in [0.1, 0.15) is 30.5 Å². The summed E-state index contributed by atoms with van der Waals surface area (Å²) < 4.78 is 4.62. The monoisotopic (exact) mass is 210 g/mol. The third-order valence-electron chi connectivity index (χ3n) is 2.19. The zero-order valence-electron chi connectivity index (χ0n) is 7.26. The molecular formula is C7H14O7. The first-order chi connectivity index (χ1) is 6.49. The normalized spacial score (nSPS) is 46.3. The Bertz CT molecular complexity index is 187. The van der Waals surface area contributed by atoms with E-state index in [9.17, 15) is 10.2 Å². The van der Waals surface area contributed by atoms with Gasteiger partial charge >= 0.3 is 0 Å². The molecule has 1 heterocycles. The summed E-state index contributed by atoms with van der Waals surface area (Å²) in [7, 11) is 0. The highest BCUT2D eigenvalue weighted by Gasteiger charge is 2.45. The Hall–Kier alpha value is -0.280. The summed E-state index contributed by atoms with van der Waals surface area (Å²) in [5, 5.41) is 54.3. The van der Waals surface area contributed by atoms with Crippen LogP contribution in [0.3, 0.4) is 0 Å². The van der Waals surface area contributed by atoms with E-state index >= 15 is 0 Å². The Labute approximate surface area is 79.8 Å². The van der Waals surface area contributed by atoms with Crippen molar-refractivity contribution < 1.29 is 35.4 Å². The number of hydrogen-bond donors (Lipinski definition) is 6. The molecule has 0 bridgehead atoms. The zero-order chi connectivity index (χ0) is 10.9. The zero-order valence-corrected chi connectivity index (χ0v) is 7.26. The number of hydrogen-bond acceptors (Lipinski definition) is 7. The number of ether oxygens (including phenoxy) is 1. The van der Waals surface area contributed by atoms with Crippen molar-refractivity contribution in [2.75, 3.05) is 6.61 Å². The van der Waals surface area contributed by atoms with E-state index in [-0.39, 0.29) is 0 Å². The van der Waals surface area contributed by atoms with Gasteiger partial charge in [-0.05, 0) is 0 Å². The molecule has 0 aromatic heterocycles. The minimum absolute atomic E-state index is 0.683. The van der Waals surface area contributed by atoms with Crippen LogP contribution in [0.5, 0.6) is 0 Å². The second kappa shape index (κ2) is 4.49. The summed E-state index contributed by atoms with van der Waals surface area (Å²) >= 11 is 0. The van der Waals surface area contributed by atoms with E-state index in [1.54, 1.807) is 0 Å². The largest absolute Gasteiger partial charge is 0.394 e. The van der Waals surface area contributed by atoms with E-state index in [4.69, 9.17) is 20.4 Å². The quantitative estimate of drug-likeness (QED) is 0.275. The first kappa shape index (κ1) is 11.8. The fraction of sp³-hybridized carbons (Fsp3) is 1.00. The third-order valence-corrected chi connectivity index (χ3v) is 2.19. The maximum Gasteiger partial charge on any atom is 0.184 e. The third kappa shape index (κ3) is 2.04. The molecule has 0 radical (unpaired) electrons. The number of rotatable bonds is 2. The van der Waals surface area contributed by atoms with E-state index in [0.717, 1.165) is 0 Å². The van der Waals surface area contributed by atoms with Crippen LogP contribution in [0.4, 0.5) is 0 Å². The van der Waals surface area contributed by atoms with Gasteiger partial charge in [0.2, 0.25) is 0 Å². The van der Waals surface area contributed by atoms with E-state index in [0.29, 0.717) is 0 Å². The first-order valence-corrected chi connectivity index (χ1v) is 4.15. The molecule has 0 aliphatic carbocycles. The van der Waals surface area contributed by atoms with Gasteiger partial charge in [-0.15, -0.1) is 0 Å². The molecule has 0 saturated carbocycles. The first-order valence-electron chi connectivity index (χ1n) is 4.15. The minimum atomic E-state index is -1.69. The topological polar surface area (TPSA) is 131 Å². The van der Waals surface area contributed by atoms with Crippen molar-refractivity contribution in [3.63, 3.8) is 0 Å². The van der Waals surface area contributed by atoms with Crippen molar-refractivity contribution in [2.24, 2.45) is 0 Å². The molecule has 1 aliphatic rings. The van der Waals surface area contributed by atoms with E-state index in [2.05, 4.69) is 4.74 Å². The molecule has 6 atom stereocenters. The van der Waals surface area contributed by atoms with Crippen molar-refractivity contribution >= 4 is 0 Å². The standard InChI is InChI=1S/C7H14O7/c8-1-2(9)6-4(11)3(10)5(12)7(13)14-6/h2-13H,1H2/t2-,3?,4?,5?,6?,7?/m1/s1. The molecule has 7 heteroatoms. The van der Waals surface area contributed by atoms with E-state index < -0.39 is 43.4 Å². The van der Waals surface area contributed by atoms with E-state index in [1.165, 1.54) is 0 Å². The smallest absolute Gasteiger partial charge is 0.184 e. The van der Waals surface area contributed by atoms with Crippen LogP contribution in [-0.4, -0.2) is 74.1 Å². The predicted molar refractivity (Wildman–Crippen MR) is 42.0 cm³/mol. The summed E-state index contributed by atoms with van der Waals surface area (Å²) in [5.41, 5.74) is 0. The van der Waals surface area contributed by atoms with E-state index in [1.807, 2.05) is 0 Å². The Morgan fingerprint density at radius 3 is 2.07 bits per heavy atom. The maximum atomic E-state index is 9.31. The molecule has 6 N–H and O–H groups in total. The Morgan fingerprint density at radius 1 is 1.00 bits per heavy atom. The van der Waals surface area contributed by atoms with Gasteiger partial charge in [0.15, 0.2) is 6.29 Å². The van der Waals surface area contributed by atoms with Crippen LogP contribution in [0.1, 0.15) is 0 Å². The number of aliphatic hydroxyl groups is 6. The van der Waals surface area contributed by atoms with Gasteiger partial charge in [0.05, 0.1) is 6.61 Å². The molecule has 14 heavy (non-hydrogen) atoms. The Kier molecular flexibility index (Phi) is 3.78. The summed E-state index contributed by atoms with van der Waals surface area (Å²) in [6, 6.07) is 0. The highest BCUT2D eigenvalue weighted by molar-refractivity contribution is 4.91. The fourth-order valence-electron chi connectivity index (χ4n) is 1.31. The summed E-state index contributed by atoms with van der Waals surface area (Å²) in [6.45, 7) is -0.683. The molecule has 7 nitrogen and oxygen atoms in total. The minimum Gasteiger partial charge on any atom is -0.394 e. The van der Waals surface area contributed by atoms with Gasteiger partial charge < -0.3 is 35.4 Å². The van der Waals surface area contributed by atoms with Gasteiger partial charge in [-0.3, -0.25) is 0 Å². The molecule has 5 unspecified atom stereocenters. The molecule has 0 aromatic carbocycles. The summed E-state index contributed by atoms with van der Waals surface area (Å²) in [5.74, 6) is 0. The van der Waals surface area contributed by atoms with Crippen molar-refractivity contribution in [1.29, 1.82) is 0 Å². The Morgan fingerprint density at radius 2 is 1.57 bits per heavy atom. The van der Waals surface area contributed by atoms with Crippen LogP contribution in [0.2, 0.25) is 0 Å². The average molecular weight is 210 g/mol. The lowest BCUT2D eigenvalue weighted by Gasteiger charge is -2.39. The SMILES string of the molecule is OC[C@@H](O)C1OC(O)C(O)C(O)C1O. The highest BCUT2D eigenvalue weighted by atomic mass is 16.6. The molecule has 1 rings (SSSR count). The maximum absolute atomic E-state index is 9.31. The van der Waals surface area contributed by atoms with Crippen molar-refractivity contribution in [3.8, 4) is 0 Å². The fourth-order valence-corrected chi connectivity index (χ4v) is 1.31. The van der Waals surface area contributed by atoms with Crippen molar-refractivity contribution in [2.45, 2.75) is 36.8 Å². The van der Waals surface area contributed by atoms with Crippen molar-refractivity contribution in [3.05, 3.63) is 0 Å². The van der Waals surface area contributed by atoms with Crippen LogP contribution < -0.4 is 0 Å².